The molecule has 7 heteroatoms. The predicted molar refractivity (Wildman–Crippen MR) is 103 cm³/mol. The summed E-state index contributed by atoms with van der Waals surface area (Å²) in [5.74, 6) is -0.264. The fourth-order valence-electron chi connectivity index (χ4n) is 3.08. The Morgan fingerprint density at radius 3 is 2.32 bits per heavy atom. The number of ketones is 1. The molecule has 0 radical (unpaired) electrons. The van der Waals surface area contributed by atoms with Crippen LogP contribution < -0.4 is 19.5 Å². The zero-order valence-corrected chi connectivity index (χ0v) is 15.8. The Hall–Kier alpha value is -3.48. The van der Waals surface area contributed by atoms with Crippen LogP contribution in [0.5, 0.6) is 17.2 Å². The molecule has 0 saturated carbocycles. The lowest BCUT2D eigenvalue weighted by Crippen LogP contribution is -2.21. The van der Waals surface area contributed by atoms with E-state index >= 15 is 0 Å². The van der Waals surface area contributed by atoms with Crippen molar-refractivity contribution in [2.24, 2.45) is 0 Å². The molecule has 3 rings (SSSR count). The average molecular weight is 383 g/mol. The first-order chi connectivity index (χ1) is 13.5. The minimum absolute atomic E-state index is 0.0126. The molecule has 2 aromatic carbocycles. The molecule has 2 N–H and O–H groups in total. The van der Waals surface area contributed by atoms with Crippen LogP contribution >= 0.6 is 0 Å². The fraction of sp³-hybridized carbons (Fsp3) is 0.238. The Balaban J connectivity index is 2.05. The van der Waals surface area contributed by atoms with Gasteiger partial charge in [0.2, 0.25) is 0 Å². The number of hydrogen-bond donors (Lipinski definition) is 2. The number of amides is 1. The quantitative estimate of drug-likeness (QED) is 0.453. The molecule has 7 nitrogen and oxygen atoms in total. The highest BCUT2D eigenvalue weighted by molar-refractivity contribution is 6.46. The Morgan fingerprint density at radius 2 is 1.71 bits per heavy atom. The highest BCUT2D eigenvalue weighted by Crippen LogP contribution is 2.36. The number of aliphatic hydroxyl groups excluding tert-OH is 1. The van der Waals surface area contributed by atoms with Crippen LogP contribution in [0.15, 0.2) is 48.0 Å². The predicted octanol–water partition coefficient (Wildman–Crippen LogP) is 2.81. The van der Waals surface area contributed by atoms with E-state index in [1.807, 2.05) is 6.92 Å². The van der Waals surface area contributed by atoms with Crippen molar-refractivity contribution in [3.8, 4) is 17.2 Å². The molecular weight excluding hydrogens is 362 g/mol. The van der Waals surface area contributed by atoms with Crippen molar-refractivity contribution in [3.05, 3.63) is 59.2 Å². The fourth-order valence-corrected chi connectivity index (χ4v) is 3.08. The summed E-state index contributed by atoms with van der Waals surface area (Å²) >= 11 is 0. The van der Waals surface area contributed by atoms with Gasteiger partial charge in [0.25, 0.3) is 11.7 Å². The van der Waals surface area contributed by atoms with Gasteiger partial charge in [-0.1, -0.05) is 12.1 Å². The van der Waals surface area contributed by atoms with Gasteiger partial charge in [-0.2, -0.15) is 0 Å². The van der Waals surface area contributed by atoms with Crippen LogP contribution in [0.4, 0.5) is 0 Å². The summed E-state index contributed by atoms with van der Waals surface area (Å²) < 4.78 is 15.8. The molecule has 146 valence electrons. The molecule has 1 unspecified atom stereocenters. The van der Waals surface area contributed by atoms with E-state index in [1.165, 1.54) is 14.2 Å². The minimum Gasteiger partial charge on any atom is -0.507 e. The van der Waals surface area contributed by atoms with Crippen molar-refractivity contribution in [1.82, 2.24) is 5.32 Å². The maximum Gasteiger partial charge on any atom is 0.293 e. The number of ether oxygens (including phenoxy) is 3. The van der Waals surface area contributed by atoms with Gasteiger partial charge in [-0.3, -0.25) is 9.59 Å². The first-order valence-electron chi connectivity index (χ1n) is 8.73. The topological polar surface area (TPSA) is 94.1 Å². The van der Waals surface area contributed by atoms with Crippen LogP contribution in [-0.2, 0) is 9.59 Å². The van der Waals surface area contributed by atoms with Crippen LogP contribution in [0.2, 0.25) is 0 Å². The molecule has 28 heavy (non-hydrogen) atoms. The van der Waals surface area contributed by atoms with E-state index in [-0.39, 0.29) is 11.3 Å². The third-order valence-corrected chi connectivity index (χ3v) is 4.45. The Bertz CT molecular complexity index is 932. The number of rotatable bonds is 6. The van der Waals surface area contributed by atoms with E-state index in [9.17, 15) is 14.7 Å². The molecule has 0 bridgehead atoms. The van der Waals surface area contributed by atoms with Gasteiger partial charge in [0, 0.05) is 5.56 Å². The van der Waals surface area contributed by atoms with Gasteiger partial charge in [0.05, 0.1) is 32.4 Å². The molecule has 1 atom stereocenters. The van der Waals surface area contributed by atoms with Crippen LogP contribution in [0.1, 0.15) is 24.1 Å². The SMILES string of the molecule is CCOc1ccc(C2NC(=O)C(=O)C2=C(O)c2ccc(OC)c(OC)c2)cc1. The molecule has 1 amide bonds. The first-order valence-corrected chi connectivity index (χ1v) is 8.73. The van der Waals surface area contributed by atoms with Crippen molar-refractivity contribution in [2.45, 2.75) is 13.0 Å². The zero-order valence-electron chi connectivity index (χ0n) is 15.8. The van der Waals surface area contributed by atoms with Crippen molar-refractivity contribution in [1.29, 1.82) is 0 Å². The summed E-state index contributed by atoms with van der Waals surface area (Å²) in [5, 5.41) is 13.4. The molecule has 0 aliphatic carbocycles. The van der Waals surface area contributed by atoms with Gasteiger partial charge >= 0.3 is 0 Å². The second kappa shape index (κ2) is 8.04. The molecule has 1 fully saturated rings. The van der Waals surface area contributed by atoms with Crippen LogP contribution in [0.25, 0.3) is 5.76 Å². The summed E-state index contributed by atoms with van der Waals surface area (Å²) in [6.07, 6.45) is 0. The zero-order chi connectivity index (χ0) is 20.3. The number of carbonyl (C=O) groups excluding carboxylic acids is 2. The summed E-state index contributed by atoms with van der Waals surface area (Å²) in [4.78, 5) is 24.5. The number of aliphatic hydroxyl groups is 1. The lowest BCUT2D eigenvalue weighted by Gasteiger charge is -2.15. The number of benzene rings is 2. The average Bonchev–Trinajstić information content (AvgIpc) is 3.02. The molecule has 2 aromatic rings. The standard InChI is InChI=1S/C21H21NO6/c1-4-28-14-8-5-12(6-9-14)18-17(20(24)21(25)22-18)19(23)13-7-10-15(26-2)16(11-13)27-3/h5-11,18,23H,4H2,1-3H3,(H,22,25). The second-order valence-corrected chi connectivity index (χ2v) is 6.07. The van der Waals surface area contributed by atoms with E-state index in [4.69, 9.17) is 14.2 Å². The van der Waals surface area contributed by atoms with Gasteiger partial charge in [-0.25, -0.2) is 0 Å². The van der Waals surface area contributed by atoms with Crippen LogP contribution in [-0.4, -0.2) is 37.6 Å². The van der Waals surface area contributed by atoms with Crippen molar-refractivity contribution >= 4 is 17.4 Å². The summed E-state index contributed by atoms with van der Waals surface area (Å²) in [6.45, 7) is 2.41. The van der Waals surface area contributed by atoms with E-state index < -0.39 is 17.7 Å². The van der Waals surface area contributed by atoms with Gasteiger partial charge in [0.1, 0.15) is 11.5 Å². The maximum absolute atomic E-state index is 12.4. The third kappa shape index (κ3) is 3.51. The second-order valence-electron chi connectivity index (χ2n) is 6.07. The van der Waals surface area contributed by atoms with E-state index in [0.717, 1.165) is 0 Å². The van der Waals surface area contributed by atoms with Crippen molar-refractivity contribution < 1.29 is 28.9 Å². The summed E-state index contributed by atoms with van der Waals surface area (Å²) in [6, 6.07) is 11.0. The van der Waals surface area contributed by atoms with Gasteiger partial charge < -0.3 is 24.6 Å². The van der Waals surface area contributed by atoms with Gasteiger partial charge in [0.15, 0.2) is 11.5 Å². The molecule has 0 spiro atoms. The number of methoxy groups -OCH3 is 2. The van der Waals surface area contributed by atoms with E-state index in [1.54, 1.807) is 42.5 Å². The summed E-state index contributed by atoms with van der Waals surface area (Å²) in [7, 11) is 2.97. The largest absolute Gasteiger partial charge is 0.507 e. The van der Waals surface area contributed by atoms with Crippen LogP contribution in [0.3, 0.4) is 0 Å². The van der Waals surface area contributed by atoms with E-state index in [2.05, 4.69) is 5.32 Å². The maximum atomic E-state index is 12.4. The Morgan fingerprint density at radius 1 is 1.04 bits per heavy atom. The first kappa shape index (κ1) is 19.3. The minimum atomic E-state index is -0.772. The molecular formula is C21H21NO6. The number of carbonyl (C=O) groups is 2. The number of Topliss-reactive ketones (excluding diaryl/α,β-unsaturated/α-hetero) is 1. The Labute approximate surface area is 162 Å². The normalized spacial score (nSPS) is 17.9. The number of hydrogen-bond acceptors (Lipinski definition) is 6. The lowest BCUT2D eigenvalue weighted by molar-refractivity contribution is -0.133. The van der Waals surface area contributed by atoms with Crippen molar-refractivity contribution in [2.75, 3.05) is 20.8 Å². The molecule has 1 heterocycles. The lowest BCUT2D eigenvalue weighted by atomic mass is 9.95. The van der Waals surface area contributed by atoms with Gasteiger partial charge in [-0.05, 0) is 42.8 Å². The van der Waals surface area contributed by atoms with Gasteiger partial charge in [-0.15, -0.1) is 0 Å². The van der Waals surface area contributed by atoms with Crippen LogP contribution in [0, 0.1) is 0 Å². The molecule has 0 aromatic heterocycles. The van der Waals surface area contributed by atoms with E-state index in [0.29, 0.717) is 35.0 Å². The highest BCUT2D eigenvalue weighted by Gasteiger charge is 2.39. The monoisotopic (exact) mass is 383 g/mol. The summed E-state index contributed by atoms with van der Waals surface area (Å²) in [5.41, 5.74) is 0.986. The molecule has 1 aliphatic rings. The molecule has 1 saturated heterocycles. The van der Waals surface area contributed by atoms with Crippen molar-refractivity contribution in [3.63, 3.8) is 0 Å². The highest BCUT2D eigenvalue weighted by atomic mass is 16.5. The molecule has 1 aliphatic heterocycles. The third-order valence-electron chi connectivity index (χ3n) is 4.45. The number of nitrogens with one attached hydrogen (secondary N) is 1. The Kier molecular flexibility index (Phi) is 5.54. The smallest absolute Gasteiger partial charge is 0.293 e.